The van der Waals surface area contributed by atoms with E-state index in [9.17, 15) is 0 Å². The molecule has 110 valence electrons. The van der Waals surface area contributed by atoms with E-state index in [1.165, 1.54) is 28.7 Å². The molecule has 0 N–H and O–H groups in total. The van der Waals surface area contributed by atoms with E-state index in [1.54, 1.807) is 0 Å². The van der Waals surface area contributed by atoms with Gasteiger partial charge in [0, 0.05) is 23.4 Å². The van der Waals surface area contributed by atoms with Crippen molar-refractivity contribution in [1.82, 2.24) is 0 Å². The summed E-state index contributed by atoms with van der Waals surface area (Å²) in [7, 11) is 6.90. The van der Waals surface area contributed by atoms with Crippen molar-refractivity contribution in [3.05, 3.63) is 58.6 Å². The number of hydrogen-bond donors (Lipinski definition) is 0. The molecule has 1 unspecified atom stereocenters. The molecule has 3 rings (SSSR count). The number of likely N-dealkylation sites (N-methyl/N-ethyl adjacent to an activating group) is 1. The van der Waals surface area contributed by atoms with E-state index in [0.717, 1.165) is 22.3 Å². The van der Waals surface area contributed by atoms with Gasteiger partial charge in [-0.15, -0.1) is 0 Å². The molecule has 0 fully saturated rings. The van der Waals surface area contributed by atoms with Crippen LogP contribution in [-0.4, -0.2) is 31.7 Å². The van der Waals surface area contributed by atoms with Crippen LogP contribution in [0.3, 0.4) is 0 Å². The molecule has 1 aliphatic rings. The van der Waals surface area contributed by atoms with Crippen LogP contribution in [0.4, 0.5) is 0 Å². The minimum Gasteiger partial charge on any atom is -0.328 e. The molecule has 21 heavy (non-hydrogen) atoms. The summed E-state index contributed by atoms with van der Waals surface area (Å²) < 4.78 is 1.04. The molecule has 0 aliphatic heterocycles. The van der Waals surface area contributed by atoms with Crippen molar-refractivity contribution in [2.24, 2.45) is 0 Å². The van der Waals surface area contributed by atoms with E-state index in [4.69, 9.17) is 11.6 Å². The van der Waals surface area contributed by atoms with Gasteiger partial charge in [-0.1, -0.05) is 48.0 Å². The Hall–Kier alpha value is -1.31. The molecule has 0 spiro atoms. The van der Waals surface area contributed by atoms with Crippen molar-refractivity contribution in [3.8, 4) is 11.1 Å². The Balaban J connectivity index is 2.03. The van der Waals surface area contributed by atoms with Crippen LogP contribution in [0.5, 0.6) is 0 Å². The molecule has 0 saturated heterocycles. The first-order chi connectivity index (χ1) is 9.97. The summed E-state index contributed by atoms with van der Waals surface area (Å²) in [6, 6.07) is 15.6. The van der Waals surface area contributed by atoms with Crippen molar-refractivity contribution >= 4 is 11.6 Å². The number of quaternary nitrogens is 1. The molecule has 0 radical (unpaired) electrons. The standard InChI is InChI=1S/C19H23ClN/c1-21(2,3)15-11-12-16-14(13-15)7-6-9-17(16)18-8-4-5-10-19(18)20/h4-10,15H,11-13H2,1-3H3/q+1. The molecule has 2 aromatic carbocycles. The Morgan fingerprint density at radius 1 is 0.952 bits per heavy atom. The van der Waals surface area contributed by atoms with E-state index in [2.05, 4.69) is 51.5 Å². The molecular weight excluding hydrogens is 278 g/mol. The van der Waals surface area contributed by atoms with Crippen molar-refractivity contribution in [2.75, 3.05) is 21.1 Å². The minimum absolute atomic E-state index is 0.707. The van der Waals surface area contributed by atoms with Crippen molar-refractivity contribution in [3.63, 3.8) is 0 Å². The molecule has 0 aromatic heterocycles. The zero-order valence-corrected chi connectivity index (χ0v) is 13.8. The second-order valence-corrected chi connectivity index (χ2v) is 7.34. The van der Waals surface area contributed by atoms with Crippen molar-refractivity contribution < 1.29 is 4.48 Å². The van der Waals surface area contributed by atoms with E-state index < -0.39 is 0 Å². The average molecular weight is 301 g/mol. The Morgan fingerprint density at radius 3 is 2.38 bits per heavy atom. The SMILES string of the molecule is C[N+](C)(C)C1CCc2c(cccc2-c2ccccc2Cl)C1. The first-order valence-electron chi connectivity index (χ1n) is 7.63. The molecule has 1 aliphatic carbocycles. The summed E-state index contributed by atoms with van der Waals surface area (Å²) in [5.41, 5.74) is 5.48. The highest BCUT2D eigenvalue weighted by Gasteiger charge is 2.29. The first kappa shape index (κ1) is 14.6. The normalized spacial score (nSPS) is 18.4. The third kappa shape index (κ3) is 2.86. The van der Waals surface area contributed by atoms with Gasteiger partial charge in [0.15, 0.2) is 0 Å². The van der Waals surface area contributed by atoms with Gasteiger partial charge in [-0.05, 0) is 29.2 Å². The highest BCUT2D eigenvalue weighted by atomic mass is 35.5. The van der Waals surface area contributed by atoms with Gasteiger partial charge in [0.2, 0.25) is 0 Å². The van der Waals surface area contributed by atoms with Crippen molar-refractivity contribution in [1.29, 1.82) is 0 Å². The predicted octanol–water partition coefficient (Wildman–Crippen LogP) is 4.57. The van der Waals surface area contributed by atoms with Crippen LogP contribution in [0, 0.1) is 0 Å². The maximum atomic E-state index is 6.40. The van der Waals surface area contributed by atoms with E-state index in [-0.39, 0.29) is 0 Å². The molecule has 0 bridgehead atoms. The van der Waals surface area contributed by atoms with E-state index in [1.807, 2.05) is 12.1 Å². The highest BCUT2D eigenvalue weighted by molar-refractivity contribution is 6.33. The average Bonchev–Trinajstić information content (AvgIpc) is 2.46. The van der Waals surface area contributed by atoms with Gasteiger partial charge < -0.3 is 4.48 Å². The minimum atomic E-state index is 0.707. The number of benzene rings is 2. The third-order valence-corrected chi connectivity index (χ3v) is 5.05. The fourth-order valence-electron chi connectivity index (χ4n) is 3.38. The molecule has 1 atom stereocenters. The summed E-state index contributed by atoms with van der Waals surface area (Å²) in [5.74, 6) is 0. The van der Waals surface area contributed by atoms with Gasteiger partial charge in [-0.3, -0.25) is 0 Å². The lowest BCUT2D eigenvalue weighted by molar-refractivity contribution is -0.896. The molecular formula is C19H23ClN+. The fourth-order valence-corrected chi connectivity index (χ4v) is 3.62. The second-order valence-electron chi connectivity index (χ2n) is 6.94. The van der Waals surface area contributed by atoms with Gasteiger partial charge in [-0.2, -0.15) is 0 Å². The third-order valence-electron chi connectivity index (χ3n) is 4.72. The lowest BCUT2D eigenvalue weighted by Gasteiger charge is -2.37. The zero-order chi connectivity index (χ0) is 15.0. The number of halogens is 1. The van der Waals surface area contributed by atoms with Gasteiger partial charge >= 0.3 is 0 Å². The Labute approximate surface area is 132 Å². The molecule has 2 heteroatoms. The fraction of sp³-hybridized carbons (Fsp3) is 0.368. The Morgan fingerprint density at radius 2 is 1.67 bits per heavy atom. The Kier molecular flexibility index (Phi) is 3.81. The van der Waals surface area contributed by atoms with Crippen LogP contribution < -0.4 is 0 Å². The second kappa shape index (κ2) is 5.47. The number of fused-ring (bicyclic) bond motifs is 1. The smallest absolute Gasteiger partial charge is 0.0928 e. The monoisotopic (exact) mass is 300 g/mol. The lowest BCUT2D eigenvalue weighted by atomic mass is 9.82. The van der Waals surface area contributed by atoms with Gasteiger partial charge in [0.25, 0.3) is 0 Å². The van der Waals surface area contributed by atoms with Crippen LogP contribution >= 0.6 is 11.6 Å². The molecule has 0 heterocycles. The maximum absolute atomic E-state index is 6.40. The van der Waals surface area contributed by atoms with Crippen LogP contribution in [0.2, 0.25) is 5.02 Å². The topological polar surface area (TPSA) is 0 Å². The quantitative estimate of drug-likeness (QED) is 0.713. The Bertz CT molecular complexity index is 655. The molecule has 0 saturated carbocycles. The van der Waals surface area contributed by atoms with Crippen LogP contribution in [0.1, 0.15) is 17.5 Å². The van der Waals surface area contributed by atoms with Crippen LogP contribution in [-0.2, 0) is 12.8 Å². The molecule has 0 amide bonds. The summed E-state index contributed by atoms with van der Waals surface area (Å²) in [6.45, 7) is 0. The van der Waals surface area contributed by atoms with Gasteiger partial charge in [0.1, 0.15) is 0 Å². The van der Waals surface area contributed by atoms with E-state index >= 15 is 0 Å². The van der Waals surface area contributed by atoms with Gasteiger partial charge in [0.05, 0.1) is 27.2 Å². The summed E-state index contributed by atoms with van der Waals surface area (Å²) in [6.07, 6.45) is 3.56. The van der Waals surface area contributed by atoms with E-state index in [0.29, 0.717) is 6.04 Å². The molecule has 2 aromatic rings. The lowest BCUT2D eigenvalue weighted by Crippen LogP contribution is -2.48. The maximum Gasteiger partial charge on any atom is 0.0928 e. The zero-order valence-electron chi connectivity index (χ0n) is 13.1. The number of rotatable bonds is 2. The molecule has 1 nitrogen and oxygen atoms in total. The first-order valence-corrected chi connectivity index (χ1v) is 8.01. The summed E-state index contributed by atoms with van der Waals surface area (Å²) in [4.78, 5) is 0. The van der Waals surface area contributed by atoms with Gasteiger partial charge in [-0.25, -0.2) is 0 Å². The summed E-state index contributed by atoms with van der Waals surface area (Å²) >= 11 is 6.40. The predicted molar refractivity (Wildman–Crippen MR) is 90.7 cm³/mol. The van der Waals surface area contributed by atoms with Crippen LogP contribution in [0.15, 0.2) is 42.5 Å². The number of nitrogens with zero attached hydrogens (tertiary/aromatic N) is 1. The highest BCUT2D eigenvalue weighted by Crippen LogP contribution is 2.36. The van der Waals surface area contributed by atoms with Crippen molar-refractivity contribution in [2.45, 2.75) is 25.3 Å². The van der Waals surface area contributed by atoms with Crippen LogP contribution in [0.25, 0.3) is 11.1 Å². The summed E-state index contributed by atoms with van der Waals surface area (Å²) in [5, 5.41) is 0.847. The largest absolute Gasteiger partial charge is 0.328 e. The number of hydrogen-bond acceptors (Lipinski definition) is 0.